The van der Waals surface area contributed by atoms with Gasteiger partial charge in [-0.3, -0.25) is 14.2 Å². The first-order valence-electron chi connectivity index (χ1n) is 11.0. The Labute approximate surface area is 230 Å². The zero-order valence-corrected chi connectivity index (χ0v) is 22.9. The van der Waals surface area contributed by atoms with E-state index in [1.54, 1.807) is 12.1 Å². The Morgan fingerprint density at radius 1 is 0.632 bits per heavy atom. The number of hydrogen-bond acceptors (Lipinski definition) is 5. The molecule has 0 fully saturated rings. The number of nitrogens with one attached hydrogen (secondary N) is 3. The molecule has 8 nitrogen and oxygen atoms in total. The van der Waals surface area contributed by atoms with Gasteiger partial charge in [0.2, 0.25) is 0 Å². The molecule has 0 bridgehead atoms. The second-order valence-electron chi connectivity index (χ2n) is 8.20. The first kappa shape index (κ1) is 27.5. The number of benzene rings is 4. The molecule has 4 aromatic rings. The van der Waals surface area contributed by atoms with Gasteiger partial charge < -0.3 is 5.32 Å². The summed E-state index contributed by atoms with van der Waals surface area (Å²) in [5.41, 5.74) is 1.58. The summed E-state index contributed by atoms with van der Waals surface area (Å²) in [6.45, 7) is 1.86. The highest BCUT2D eigenvalue weighted by Crippen LogP contribution is 2.26. The Balaban J connectivity index is 1.51. The lowest BCUT2D eigenvalue weighted by Gasteiger charge is -2.14. The second-order valence-corrected chi connectivity index (χ2v) is 12.4. The van der Waals surface area contributed by atoms with Gasteiger partial charge in [0.05, 0.1) is 21.0 Å². The third-order valence-corrected chi connectivity index (χ3v) is 8.59. The Morgan fingerprint density at radius 3 is 1.74 bits per heavy atom. The molecule has 0 spiro atoms. The van der Waals surface area contributed by atoms with E-state index in [0.29, 0.717) is 16.4 Å². The summed E-state index contributed by atoms with van der Waals surface area (Å²) < 4.78 is 55.8. The van der Waals surface area contributed by atoms with Crippen molar-refractivity contribution in [1.82, 2.24) is 0 Å². The number of aryl methyl sites for hydroxylation is 1. The lowest BCUT2D eigenvalue weighted by atomic mass is 10.1. The Kier molecular flexibility index (Phi) is 7.98. The van der Waals surface area contributed by atoms with Crippen LogP contribution in [-0.2, 0) is 20.0 Å². The molecule has 4 rings (SSSR count). The summed E-state index contributed by atoms with van der Waals surface area (Å²) >= 11 is 11.9. The van der Waals surface area contributed by atoms with Crippen molar-refractivity contribution in [2.75, 3.05) is 14.8 Å². The molecule has 0 aliphatic rings. The zero-order chi connectivity index (χ0) is 27.5. The van der Waals surface area contributed by atoms with Crippen LogP contribution in [0.3, 0.4) is 0 Å². The maximum atomic E-state index is 13.0. The molecule has 0 aliphatic carbocycles. The highest BCUT2D eigenvalue weighted by atomic mass is 35.5. The van der Waals surface area contributed by atoms with Gasteiger partial charge in [0.1, 0.15) is 0 Å². The summed E-state index contributed by atoms with van der Waals surface area (Å²) in [5, 5.41) is 3.27. The maximum Gasteiger partial charge on any atom is 0.261 e. The maximum absolute atomic E-state index is 13.0. The van der Waals surface area contributed by atoms with Crippen LogP contribution in [0.15, 0.2) is 101 Å². The minimum Gasteiger partial charge on any atom is -0.322 e. The molecular weight excluding hydrogens is 569 g/mol. The Hall–Kier alpha value is -3.57. The number of amides is 1. The highest BCUT2D eigenvalue weighted by Gasteiger charge is 2.20. The Morgan fingerprint density at radius 2 is 1.13 bits per heavy atom. The number of rotatable bonds is 8. The molecule has 3 N–H and O–H groups in total. The first-order valence-corrected chi connectivity index (χ1v) is 14.7. The Bertz CT molecular complexity index is 1690. The van der Waals surface area contributed by atoms with E-state index in [1.807, 2.05) is 6.92 Å². The summed E-state index contributed by atoms with van der Waals surface area (Å²) in [5.74, 6) is -0.630. The number of carbonyl (C=O) groups excluding carboxylic acids is 1. The van der Waals surface area contributed by atoms with Crippen LogP contribution in [0.1, 0.15) is 15.9 Å². The van der Waals surface area contributed by atoms with Crippen LogP contribution >= 0.6 is 23.2 Å². The molecule has 1 amide bonds. The molecule has 0 saturated carbocycles. The molecular formula is C26H21Cl2N3O5S2. The summed E-state index contributed by atoms with van der Waals surface area (Å²) in [6, 6.07) is 22.1. The van der Waals surface area contributed by atoms with Gasteiger partial charge in [-0.25, -0.2) is 16.8 Å². The molecule has 0 unspecified atom stereocenters. The van der Waals surface area contributed by atoms with Crippen molar-refractivity contribution in [3.05, 3.63) is 112 Å². The fourth-order valence-electron chi connectivity index (χ4n) is 3.36. The average Bonchev–Trinajstić information content (AvgIpc) is 2.86. The lowest BCUT2D eigenvalue weighted by Crippen LogP contribution is -2.18. The summed E-state index contributed by atoms with van der Waals surface area (Å²) in [6.07, 6.45) is 0. The van der Waals surface area contributed by atoms with Crippen molar-refractivity contribution in [1.29, 1.82) is 0 Å². The molecule has 38 heavy (non-hydrogen) atoms. The second kappa shape index (κ2) is 11.0. The van der Waals surface area contributed by atoms with Crippen LogP contribution in [0.5, 0.6) is 0 Å². The fourth-order valence-corrected chi connectivity index (χ4v) is 5.80. The van der Waals surface area contributed by atoms with E-state index < -0.39 is 26.0 Å². The summed E-state index contributed by atoms with van der Waals surface area (Å²) in [7, 11) is -7.80. The van der Waals surface area contributed by atoms with E-state index in [0.717, 1.165) is 5.56 Å². The predicted octanol–water partition coefficient (Wildman–Crippen LogP) is 6.16. The standard InChI is InChI=1S/C26H21Cl2N3O5S2/c1-17-2-11-22(12-3-17)37(33,34)30-21-9-7-20(8-10-21)29-26(32)24-16-19(28)6-15-25(24)31-38(35,36)23-13-4-18(27)5-14-23/h2-16,30-31H,1H3,(H,29,32). The van der Waals surface area contributed by atoms with E-state index in [1.165, 1.54) is 78.9 Å². The third-order valence-electron chi connectivity index (χ3n) is 5.32. The van der Waals surface area contributed by atoms with Gasteiger partial charge in [-0.05, 0) is 85.8 Å². The number of carbonyl (C=O) groups is 1. The van der Waals surface area contributed by atoms with Crippen LogP contribution in [0, 0.1) is 6.92 Å². The quantitative estimate of drug-likeness (QED) is 0.227. The van der Waals surface area contributed by atoms with E-state index in [2.05, 4.69) is 14.8 Å². The molecule has 0 radical (unpaired) electrons. The van der Waals surface area contributed by atoms with Gasteiger partial charge in [0.25, 0.3) is 26.0 Å². The highest BCUT2D eigenvalue weighted by molar-refractivity contribution is 7.93. The van der Waals surface area contributed by atoms with Crippen molar-refractivity contribution in [3.63, 3.8) is 0 Å². The molecule has 12 heteroatoms. The van der Waals surface area contributed by atoms with Crippen molar-refractivity contribution in [3.8, 4) is 0 Å². The minimum atomic E-state index is -4.02. The van der Waals surface area contributed by atoms with Gasteiger partial charge in [-0.15, -0.1) is 0 Å². The van der Waals surface area contributed by atoms with Gasteiger partial charge in [0.15, 0.2) is 0 Å². The van der Waals surface area contributed by atoms with E-state index in [-0.39, 0.29) is 26.1 Å². The fraction of sp³-hybridized carbons (Fsp3) is 0.0385. The smallest absolute Gasteiger partial charge is 0.261 e. The molecule has 4 aromatic carbocycles. The largest absolute Gasteiger partial charge is 0.322 e. The lowest BCUT2D eigenvalue weighted by molar-refractivity contribution is 0.102. The van der Waals surface area contributed by atoms with Crippen molar-refractivity contribution < 1.29 is 21.6 Å². The van der Waals surface area contributed by atoms with E-state index >= 15 is 0 Å². The third kappa shape index (κ3) is 6.65. The number of anilines is 3. The van der Waals surface area contributed by atoms with Crippen molar-refractivity contribution >= 4 is 66.2 Å². The molecule has 196 valence electrons. The van der Waals surface area contributed by atoms with Gasteiger partial charge in [-0.1, -0.05) is 40.9 Å². The van der Waals surface area contributed by atoms with Crippen molar-refractivity contribution in [2.24, 2.45) is 0 Å². The molecule has 0 aromatic heterocycles. The number of hydrogen-bond donors (Lipinski definition) is 3. The topological polar surface area (TPSA) is 121 Å². The van der Waals surface area contributed by atoms with Crippen LogP contribution in [0.2, 0.25) is 10.0 Å². The van der Waals surface area contributed by atoms with Crippen LogP contribution in [0.25, 0.3) is 0 Å². The van der Waals surface area contributed by atoms with Crippen LogP contribution in [0.4, 0.5) is 17.1 Å². The zero-order valence-electron chi connectivity index (χ0n) is 19.8. The van der Waals surface area contributed by atoms with E-state index in [9.17, 15) is 21.6 Å². The molecule has 0 atom stereocenters. The van der Waals surface area contributed by atoms with Crippen molar-refractivity contribution in [2.45, 2.75) is 16.7 Å². The van der Waals surface area contributed by atoms with Crippen LogP contribution in [-0.4, -0.2) is 22.7 Å². The predicted molar refractivity (Wildman–Crippen MR) is 150 cm³/mol. The summed E-state index contributed by atoms with van der Waals surface area (Å²) in [4.78, 5) is 13.1. The van der Waals surface area contributed by atoms with E-state index in [4.69, 9.17) is 23.2 Å². The monoisotopic (exact) mass is 589 g/mol. The minimum absolute atomic E-state index is 0.0146. The number of halogens is 2. The van der Waals surface area contributed by atoms with Gasteiger partial charge in [-0.2, -0.15) is 0 Å². The number of sulfonamides is 2. The molecule has 0 heterocycles. The SMILES string of the molecule is Cc1ccc(S(=O)(=O)Nc2ccc(NC(=O)c3cc(Cl)ccc3NS(=O)(=O)c3ccc(Cl)cc3)cc2)cc1. The van der Waals surface area contributed by atoms with Gasteiger partial charge >= 0.3 is 0 Å². The van der Waals surface area contributed by atoms with Gasteiger partial charge in [0, 0.05) is 21.4 Å². The van der Waals surface area contributed by atoms with Crippen LogP contribution < -0.4 is 14.8 Å². The molecule has 0 aliphatic heterocycles. The molecule has 0 saturated heterocycles. The first-order chi connectivity index (χ1) is 17.9. The normalized spacial score (nSPS) is 11.6. The average molecular weight is 591 g/mol.